The number of carbonyl (C=O) groups is 1. The van der Waals surface area contributed by atoms with Crippen LogP contribution in [0.5, 0.6) is 0 Å². The molecule has 1 aromatic rings. The molecule has 0 fully saturated rings. The van der Waals surface area contributed by atoms with Crippen LogP contribution >= 0.6 is 21.6 Å². The van der Waals surface area contributed by atoms with E-state index in [9.17, 15) is 4.79 Å². The van der Waals surface area contributed by atoms with Crippen molar-refractivity contribution in [1.29, 1.82) is 0 Å². The van der Waals surface area contributed by atoms with Crippen LogP contribution < -0.4 is 16.8 Å². The molecule has 0 bridgehead atoms. The summed E-state index contributed by atoms with van der Waals surface area (Å²) in [7, 11) is 3.58. The van der Waals surface area contributed by atoms with Gasteiger partial charge in [0.25, 0.3) is 0 Å². The number of aromatic nitrogens is 1. The number of rotatable bonds is 16. The van der Waals surface area contributed by atoms with Crippen molar-refractivity contribution in [2.24, 2.45) is 11.5 Å². The Morgan fingerprint density at radius 3 is 2.54 bits per heavy atom. The van der Waals surface area contributed by atoms with Crippen LogP contribution in [0, 0.1) is 0 Å². The molecule has 1 amide bonds. The fourth-order valence-electron chi connectivity index (χ4n) is 2.41. The van der Waals surface area contributed by atoms with E-state index in [-0.39, 0.29) is 5.91 Å². The second-order valence-corrected chi connectivity index (χ2v) is 8.38. The molecule has 8 heteroatoms. The SMILES string of the molecule is NCCN(CCN)C(=O)CCCCCNCCCSSc1ccccn1. The van der Waals surface area contributed by atoms with Crippen LogP contribution in [-0.4, -0.2) is 60.8 Å². The molecule has 26 heavy (non-hydrogen) atoms. The molecule has 0 spiro atoms. The van der Waals surface area contributed by atoms with E-state index < -0.39 is 0 Å². The van der Waals surface area contributed by atoms with Crippen LogP contribution in [0.15, 0.2) is 29.4 Å². The van der Waals surface area contributed by atoms with Crippen molar-refractivity contribution >= 4 is 27.5 Å². The minimum atomic E-state index is 0.177. The molecule has 0 saturated heterocycles. The zero-order valence-electron chi connectivity index (χ0n) is 15.6. The van der Waals surface area contributed by atoms with Crippen molar-refractivity contribution in [1.82, 2.24) is 15.2 Å². The van der Waals surface area contributed by atoms with Crippen molar-refractivity contribution in [2.45, 2.75) is 37.1 Å². The molecule has 1 rings (SSSR count). The fourth-order valence-corrected chi connectivity index (χ4v) is 4.38. The van der Waals surface area contributed by atoms with Crippen LogP contribution in [0.1, 0.15) is 32.1 Å². The average Bonchev–Trinajstić information content (AvgIpc) is 2.66. The minimum Gasteiger partial charge on any atom is -0.340 e. The van der Waals surface area contributed by atoms with Crippen molar-refractivity contribution in [3.8, 4) is 0 Å². The fraction of sp³-hybridized carbons (Fsp3) is 0.667. The van der Waals surface area contributed by atoms with E-state index in [1.165, 1.54) is 0 Å². The third-order valence-electron chi connectivity index (χ3n) is 3.76. The molecule has 0 saturated carbocycles. The first-order valence-electron chi connectivity index (χ1n) is 9.37. The highest BCUT2D eigenvalue weighted by atomic mass is 33.1. The first-order valence-corrected chi connectivity index (χ1v) is 11.7. The minimum absolute atomic E-state index is 0.177. The number of pyridine rings is 1. The van der Waals surface area contributed by atoms with Gasteiger partial charge in [0, 0.05) is 44.5 Å². The zero-order valence-corrected chi connectivity index (χ0v) is 17.2. The predicted molar refractivity (Wildman–Crippen MR) is 113 cm³/mol. The van der Waals surface area contributed by atoms with Gasteiger partial charge < -0.3 is 21.7 Å². The van der Waals surface area contributed by atoms with E-state index in [0.717, 1.165) is 49.6 Å². The number of nitrogens with one attached hydrogen (secondary N) is 1. The Morgan fingerprint density at radius 2 is 1.85 bits per heavy atom. The van der Waals surface area contributed by atoms with E-state index in [4.69, 9.17) is 11.5 Å². The summed E-state index contributed by atoms with van der Waals surface area (Å²) in [4.78, 5) is 18.1. The van der Waals surface area contributed by atoms with Gasteiger partial charge in [0.1, 0.15) is 5.03 Å². The Bertz CT molecular complexity index is 458. The van der Waals surface area contributed by atoms with Gasteiger partial charge >= 0.3 is 0 Å². The molecule has 0 radical (unpaired) electrons. The smallest absolute Gasteiger partial charge is 0.222 e. The summed E-state index contributed by atoms with van der Waals surface area (Å²) < 4.78 is 0. The second-order valence-electron chi connectivity index (χ2n) is 5.95. The van der Waals surface area contributed by atoms with Gasteiger partial charge in [0.2, 0.25) is 5.91 Å². The Labute approximate surface area is 165 Å². The third-order valence-corrected chi connectivity index (χ3v) is 6.11. The predicted octanol–water partition coefficient (Wildman–Crippen LogP) is 2.11. The zero-order chi connectivity index (χ0) is 18.9. The van der Waals surface area contributed by atoms with E-state index in [1.807, 2.05) is 35.2 Å². The second kappa shape index (κ2) is 16.4. The third kappa shape index (κ3) is 11.7. The Hall–Kier alpha value is -0.800. The van der Waals surface area contributed by atoms with Crippen LogP contribution in [0.4, 0.5) is 0 Å². The van der Waals surface area contributed by atoms with Gasteiger partial charge in [0.15, 0.2) is 0 Å². The summed E-state index contributed by atoms with van der Waals surface area (Å²) in [5.41, 5.74) is 11.1. The molecule has 1 heterocycles. The lowest BCUT2D eigenvalue weighted by atomic mass is 10.1. The topological polar surface area (TPSA) is 97.3 Å². The number of nitrogens with zero attached hydrogens (tertiary/aromatic N) is 2. The highest BCUT2D eigenvalue weighted by molar-refractivity contribution is 8.76. The maximum atomic E-state index is 12.1. The van der Waals surface area contributed by atoms with Crippen LogP contribution in [0.25, 0.3) is 0 Å². The van der Waals surface area contributed by atoms with Gasteiger partial charge in [-0.3, -0.25) is 4.79 Å². The molecular weight excluding hydrogens is 366 g/mol. The van der Waals surface area contributed by atoms with Crippen molar-refractivity contribution < 1.29 is 4.79 Å². The summed E-state index contributed by atoms with van der Waals surface area (Å²) in [6.07, 6.45) is 6.69. The summed E-state index contributed by atoms with van der Waals surface area (Å²) in [5, 5.41) is 4.54. The average molecular weight is 400 g/mol. The molecule has 6 nitrogen and oxygen atoms in total. The van der Waals surface area contributed by atoms with Crippen molar-refractivity contribution in [3.05, 3.63) is 24.4 Å². The number of amides is 1. The molecule has 0 aliphatic carbocycles. The first kappa shape index (κ1) is 23.2. The highest BCUT2D eigenvalue weighted by Crippen LogP contribution is 2.29. The number of hydrogen-bond acceptors (Lipinski definition) is 7. The number of carbonyl (C=O) groups excluding carboxylic acids is 1. The maximum Gasteiger partial charge on any atom is 0.222 e. The van der Waals surface area contributed by atoms with Gasteiger partial charge in [-0.15, -0.1) is 0 Å². The number of nitrogens with two attached hydrogens (primary N) is 2. The largest absolute Gasteiger partial charge is 0.340 e. The lowest BCUT2D eigenvalue weighted by Crippen LogP contribution is -2.38. The van der Waals surface area contributed by atoms with E-state index >= 15 is 0 Å². The number of unbranched alkanes of at least 4 members (excludes halogenated alkanes) is 2. The lowest BCUT2D eigenvalue weighted by Gasteiger charge is -2.21. The normalized spacial score (nSPS) is 10.8. The van der Waals surface area contributed by atoms with Crippen molar-refractivity contribution in [2.75, 3.05) is 45.0 Å². The molecule has 0 aromatic carbocycles. The van der Waals surface area contributed by atoms with Crippen molar-refractivity contribution in [3.63, 3.8) is 0 Å². The number of hydrogen-bond donors (Lipinski definition) is 3. The molecule has 0 aliphatic rings. The monoisotopic (exact) mass is 399 g/mol. The highest BCUT2D eigenvalue weighted by Gasteiger charge is 2.10. The maximum absolute atomic E-state index is 12.1. The van der Waals surface area contributed by atoms with Crippen LogP contribution in [0.2, 0.25) is 0 Å². The van der Waals surface area contributed by atoms with Crippen LogP contribution in [-0.2, 0) is 4.79 Å². The van der Waals surface area contributed by atoms with Gasteiger partial charge in [-0.1, -0.05) is 23.3 Å². The molecule has 5 N–H and O–H groups in total. The van der Waals surface area contributed by atoms with Gasteiger partial charge in [-0.05, 0) is 55.3 Å². The summed E-state index contributed by atoms with van der Waals surface area (Å²) in [5.74, 6) is 1.29. The summed E-state index contributed by atoms with van der Waals surface area (Å²) >= 11 is 0. The molecule has 0 unspecified atom stereocenters. The van der Waals surface area contributed by atoms with E-state index in [1.54, 1.807) is 15.7 Å². The Morgan fingerprint density at radius 1 is 1.08 bits per heavy atom. The summed E-state index contributed by atoms with van der Waals surface area (Å²) in [6.45, 7) is 4.25. The molecule has 148 valence electrons. The van der Waals surface area contributed by atoms with E-state index in [2.05, 4.69) is 10.3 Å². The van der Waals surface area contributed by atoms with Gasteiger partial charge in [0.05, 0.1) is 0 Å². The lowest BCUT2D eigenvalue weighted by molar-refractivity contribution is -0.131. The van der Waals surface area contributed by atoms with Crippen LogP contribution in [0.3, 0.4) is 0 Å². The quantitative estimate of drug-likeness (QED) is 0.289. The first-order chi connectivity index (χ1) is 12.8. The van der Waals surface area contributed by atoms with Gasteiger partial charge in [-0.25, -0.2) is 4.98 Å². The van der Waals surface area contributed by atoms with Gasteiger partial charge in [-0.2, -0.15) is 0 Å². The molecule has 1 aromatic heterocycles. The summed E-state index contributed by atoms with van der Waals surface area (Å²) in [6, 6.07) is 5.98. The molecular formula is C18H33N5OS2. The molecule has 0 atom stereocenters. The Balaban J connectivity index is 1.89. The molecule has 0 aliphatic heterocycles. The van der Waals surface area contributed by atoms with E-state index in [0.29, 0.717) is 32.6 Å². The Kier molecular flexibility index (Phi) is 14.6. The standard InChI is InChI=1S/C18H33N5OS2/c19-9-14-23(15-10-20)18(24)8-2-1-4-11-21-12-6-16-25-26-17-7-3-5-13-22-17/h3,5,7,13,21H,1-2,4,6,8-12,14-16,19-20H2.